The van der Waals surface area contributed by atoms with Crippen molar-refractivity contribution < 1.29 is 49.9 Å². The predicted molar refractivity (Wildman–Crippen MR) is 76.5 cm³/mol. The average Bonchev–Trinajstić information content (AvgIpc) is 3.15. The zero-order chi connectivity index (χ0) is 18.9. The summed E-state index contributed by atoms with van der Waals surface area (Å²) in [7, 11) is -6.08. The minimum atomic E-state index is -6.08. The van der Waals surface area contributed by atoms with E-state index < -0.39 is 45.3 Å². The molecule has 2 aromatic carbocycles. The molecule has 138 valence electrons. The van der Waals surface area contributed by atoms with Crippen molar-refractivity contribution in [1.82, 2.24) is 0 Å². The number of hydrogen-bond acceptors (Lipinski definition) is 8. The Morgan fingerprint density at radius 3 is 2.31 bits per heavy atom. The van der Waals surface area contributed by atoms with E-state index >= 15 is 0 Å². The number of benzene rings is 2. The number of hydrogen-bond donors (Lipinski definition) is 1. The van der Waals surface area contributed by atoms with Gasteiger partial charge in [-0.1, -0.05) is 0 Å². The Hall–Kier alpha value is -2.89. The Bertz CT molecular complexity index is 1070. The van der Waals surface area contributed by atoms with Crippen LogP contribution in [0.2, 0.25) is 0 Å². The Morgan fingerprint density at radius 1 is 1.08 bits per heavy atom. The predicted octanol–water partition coefficient (Wildman–Crippen LogP) is 2.17. The Balaban J connectivity index is 2.06. The lowest BCUT2D eigenvalue weighted by atomic mass is 9.99. The van der Waals surface area contributed by atoms with E-state index in [1.54, 1.807) is 0 Å². The SMILES string of the molecule is O=C1OCc2c1c(OS(=O)(=O)C(F)(F)F)c1cc3c(cc1c2O)OCO3. The monoisotopic (exact) mass is 392 g/mol. The lowest BCUT2D eigenvalue weighted by Crippen LogP contribution is -2.28. The molecule has 8 nitrogen and oxygen atoms in total. The molecule has 0 radical (unpaired) electrons. The standard InChI is InChI=1S/C14H7F3O8S/c15-14(16,17)26(20,21)25-12-6-2-9-8(23-4-24-9)1-5(6)11(18)7-3-22-13(19)10(7)12/h1-2,18H,3-4H2. The molecule has 0 aliphatic carbocycles. The van der Waals surface area contributed by atoms with Crippen LogP contribution in [0, 0.1) is 0 Å². The molecule has 0 saturated carbocycles. The summed E-state index contributed by atoms with van der Waals surface area (Å²) in [6, 6.07) is 2.35. The number of halogens is 3. The molecule has 2 aromatic rings. The normalized spacial score (nSPS) is 15.9. The van der Waals surface area contributed by atoms with Gasteiger partial charge in [0.1, 0.15) is 17.9 Å². The lowest BCUT2D eigenvalue weighted by Gasteiger charge is -2.15. The van der Waals surface area contributed by atoms with Crippen LogP contribution >= 0.6 is 0 Å². The molecule has 0 unspecified atom stereocenters. The molecule has 0 aromatic heterocycles. The van der Waals surface area contributed by atoms with Crippen molar-refractivity contribution in [3.05, 3.63) is 23.3 Å². The number of aromatic hydroxyl groups is 1. The maximum atomic E-state index is 12.7. The van der Waals surface area contributed by atoms with Gasteiger partial charge in [0.05, 0.1) is 5.56 Å². The third-order valence-electron chi connectivity index (χ3n) is 3.86. The molecular formula is C14H7F3O8S. The van der Waals surface area contributed by atoms with Gasteiger partial charge in [0, 0.05) is 10.8 Å². The fourth-order valence-electron chi connectivity index (χ4n) is 2.69. The number of carbonyl (C=O) groups is 1. The van der Waals surface area contributed by atoms with Gasteiger partial charge < -0.3 is 23.5 Å². The summed E-state index contributed by atoms with van der Waals surface area (Å²) < 4.78 is 80.3. The number of esters is 1. The van der Waals surface area contributed by atoms with Crippen molar-refractivity contribution in [2.45, 2.75) is 12.1 Å². The summed E-state index contributed by atoms with van der Waals surface area (Å²) in [5.74, 6) is -2.22. The molecule has 0 bridgehead atoms. The Kier molecular flexibility index (Phi) is 3.23. The fraction of sp³-hybridized carbons (Fsp3) is 0.214. The summed E-state index contributed by atoms with van der Waals surface area (Å²) in [5, 5.41) is 9.98. The summed E-state index contributed by atoms with van der Waals surface area (Å²) >= 11 is 0. The Morgan fingerprint density at radius 2 is 1.69 bits per heavy atom. The minimum absolute atomic E-state index is 0.0810. The van der Waals surface area contributed by atoms with Crippen LogP contribution in [0.25, 0.3) is 10.8 Å². The summed E-state index contributed by atoms with van der Waals surface area (Å²) in [6.45, 7) is -0.627. The van der Waals surface area contributed by atoms with Crippen molar-refractivity contribution in [3.63, 3.8) is 0 Å². The average molecular weight is 392 g/mol. The van der Waals surface area contributed by atoms with E-state index in [2.05, 4.69) is 4.18 Å². The third-order valence-corrected chi connectivity index (χ3v) is 4.81. The van der Waals surface area contributed by atoms with Gasteiger partial charge in [-0.25, -0.2) is 4.79 Å². The quantitative estimate of drug-likeness (QED) is 0.471. The highest BCUT2D eigenvalue weighted by molar-refractivity contribution is 7.88. The van der Waals surface area contributed by atoms with Crippen LogP contribution in [0.15, 0.2) is 12.1 Å². The van der Waals surface area contributed by atoms with Gasteiger partial charge in [0.15, 0.2) is 17.2 Å². The first-order valence-corrected chi connectivity index (χ1v) is 8.30. The largest absolute Gasteiger partial charge is 0.534 e. The molecule has 2 heterocycles. The van der Waals surface area contributed by atoms with E-state index in [-0.39, 0.29) is 34.6 Å². The van der Waals surface area contributed by atoms with Crippen LogP contribution in [0.5, 0.6) is 23.0 Å². The second kappa shape index (κ2) is 5.06. The molecule has 0 spiro atoms. The van der Waals surface area contributed by atoms with E-state index in [1.807, 2.05) is 0 Å². The smallest absolute Gasteiger partial charge is 0.507 e. The lowest BCUT2D eigenvalue weighted by molar-refractivity contribution is -0.0500. The number of fused-ring (bicyclic) bond motifs is 3. The van der Waals surface area contributed by atoms with E-state index in [0.29, 0.717) is 0 Å². The van der Waals surface area contributed by atoms with Crippen molar-refractivity contribution in [2.24, 2.45) is 0 Å². The number of carbonyl (C=O) groups excluding carboxylic acids is 1. The summed E-state index contributed by atoms with van der Waals surface area (Å²) in [6.07, 6.45) is 0. The highest BCUT2D eigenvalue weighted by atomic mass is 32.2. The van der Waals surface area contributed by atoms with E-state index in [4.69, 9.17) is 14.2 Å². The number of rotatable bonds is 2. The van der Waals surface area contributed by atoms with Gasteiger partial charge >= 0.3 is 21.6 Å². The molecule has 0 atom stereocenters. The second-order valence-electron chi connectivity index (χ2n) is 5.34. The number of ether oxygens (including phenoxy) is 3. The van der Waals surface area contributed by atoms with Crippen molar-refractivity contribution >= 4 is 26.9 Å². The Labute approximate surface area is 142 Å². The highest BCUT2D eigenvalue weighted by Gasteiger charge is 2.50. The van der Waals surface area contributed by atoms with Crippen LogP contribution < -0.4 is 13.7 Å². The second-order valence-corrected chi connectivity index (χ2v) is 6.88. The molecule has 12 heteroatoms. The van der Waals surface area contributed by atoms with Gasteiger partial charge in [-0.3, -0.25) is 0 Å². The number of phenols is 1. The molecular weight excluding hydrogens is 385 g/mol. The number of phenolic OH excluding ortho intramolecular Hbond substituents is 1. The van der Waals surface area contributed by atoms with Crippen LogP contribution in [0.3, 0.4) is 0 Å². The summed E-state index contributed by atoms with van der Waals surface area (Å²) in [5.41, 5.74) is -6.50. The molecule has 0 saturated heterocycles. The number of alkyl halides is 3. The van der Waals surface area contributed by atoms with E-state index in [1.165, 1.54) is 6.07 Å². The zero-order valence-electron chi connectivity index (χ0n) is 12.4. The first-order valence-electron chi connectivity index (χ1n) is 6.89. The molecule has 0 fully saturated rings. The number of cyclic esters (lactones) is 1. The van der Waals surface area contributed by atoms with Gasteiger partial charge in [-0.05, 0) is 12.1 Å². The van der Waals surface area contributed by atoms with Crippen LogP contribution in [-0.4, -0.2) is 31.8 Å². The van der Waals surface area contributed by atoms with Crippen LogP contribution in [0.1, 0.15) is 15.9 Å². The highest BCUT2D eigenvalue weighted by Crippen LogP contribution is 2.49. The van der Waals surface area contributed by atoms with Gasteiger partial charge in [0.25, 0.3) is 0 Å². The van der Waals surface area contributed by atoms with Crippen LogP contribution in [-0.2, 0) is 21.5 Å². The van der Waals surface area contributed by atoms with Gasteiger partial charge in [-0.2, -0.15) is 21.6 Å². The molecule has 0 amide bonds. The van der Waals surface area contributed by atoms with E-state index in [0.717, 1.165) is 6.07 Å². The van der Waals surface area contributed by atoms with Crippen molar-refractivity contribution in [2.75, 3.05) is 6.79 Å². The van der Waals surface area contributed by atoms with Crippen molar-refractivity contribution in [1.29, 1.82) is 0 Å². The van der Waals surface area contributed by atoms with Gasteiger partial charge in [0.2, 0.25) is 6.79 Å². The first-order chi connectivity index (χ1) is 12.1. The molecule has 1 N–H and O–H groups in total. The van der Waals surface area contributed by atoms with Gasteiger partial charge in [-0.15, -0.1) is 0 Å². The first kappa shape index (κ1) is 16.6. The van der Waals surface area contributed by atoms with E-state index in [9.17, 15) is 31.5 Å². The molecule has 2 aliphatic rings. The maximum absolute atomic E-state index is 12.7. The third kappa shape index (κ3) is 2.21. The molecule has 2 aliphatic heterocycles. The molecule has 4 rings (SSSR count). The topological polar surface area (TPSA) is 108 Å². The molecule has 26 heavy (non-hydrogen) atoms. The minimum Gasteiger partial charge on any atom is -0.507 e. The zero-order valence-corrected chi connectivity index (χ0v) is 13.2. The fourth-order valence-corrected chi connectivity index (χ4v) is 3.18. The maximum Gasteiger partial charge on any atom is 0.534 e. The van der Waals surface area contributed by atoms with Crippen molar-refractivity contribution in [3.8, 4) is 23.0 Å². The summed E-state index contributed by atoms with van der Waals surface area (Å²) in [4.78, 5) is 11.9. The van der Waals surface area contributed by atoms with Crippen LogP contribution in [0.4, 0.5) is 13.2 Å².